The van der Waals surface area contributed by atoms with Gasteiger partial charge in [-0.3, -0.25) is 14.5 Å². The van der Waals surface area contributed by atoms with Crippen LogP contribution in [0.4, 0.5) is 5.13 Å². The highest BCUT2D eigenvalue weighted by Gasteiger charge is 2.44. The highest BCUT2D eigenvalue weighted by molar-refractivity contribution is 9.10. The van der Waals surface area contributed by atoms with Crippen LogP contribution in [0.5, 0.6) is 0 Å². The Hall–Kier alpha value is -2.77. The lowest BCUT2D eigenvalue weighted by atomic mass is 9.98. The van der Waals surface area contributed by atoms with Crippen molar-refractivity contribution in [3.05, 3.63) is 90.7 Å². The third-order valence-electron chi connectivity index (χ3n) is 5.02. The molecule has 7 heteroatoms. The van der Waals surface area contributed by atoms with Crippen molar-refractivity contribution in [2.75, 3.05) is 4.90 Å². The van der Waals surface area contributed by atoms with Gasteiger partial charge in [0.05, 0.1) is 22.7 Å². The van der Waals surface area contributed by atoms with Crippen molar-refractivity contribution >= 4 is 49.3 Å². The molecule has 0 saturated carbocycles. The van der Waals surface area contributed by atoms with Crippen LogP contribution < -0.4 is 10.3 Å². The molecular weight excluding hydrogens is 452 g/mol. The number of fused-ring (bicyclic) bond motifs is 2. The lowest BCUT2D eigenvalue weighted by Gasteiger charge is -2.22. The molecule has 1 atom stereocenters. The minimum Gasteiger partial charge on any atom is -0.450 e. The molecule has 1 aliphatic rings. The van der Waals surface area contributed by atoms with E-state index < -0.39 is 6.04 Å². The second kappa shape index (κ2) is 6.64. The van der Waals surface area contributed by atoms with Gasteiger partial charge in [-0.05, 0) is 43.7 Å². The summed E-state index contributed by atoms with van der Waals surface area (Å²) < 4.78 is 6.88. The summed E-state index contributed by atoms with van der Waals surface area (Å²) in [5.41, 5.74) is 3.21. The van der Waals surface area contributed by atoms with Gasteiger partial charge in [0.2, 0.25) is 5.76 Å². The van der Waals surface area contributed by atoms with Gasteiger partial charge in [0, 0.05) is 9.85 Å². The molecule has 29 heavy (non-hydrogen) atoms. The van der Waals surface area contributed by atoms with Crippen molar-refractivity contribution in [2.45, 2.75) is 19.9 Å². The molecule has 0 fully saturated rings. The summed E-state index contributed by atoms with van der Waals surface area (Å²) in [6.07, 6.45) is 0. The Bertz CT molecular complexity index is 1340. The van der Waals surface area contributed by atoms with Gasteiger partial charge >= 0.3 is 0 Å². The number of nitrogens with zero attached hydrogens (tertiary/aromatic N) is 2. The Morgan fingerprint density at radius 1 is 1.10 bits per heavy atom. The number of thiazole rings is 1. The van der Waals surface area contributed by atoms with Crippen molar-refractivity contribution in [1.82, 2.24) is 4.98 Å². The average molecular weight is 467 g/mol. The topological polar surface area (TPSA) is 63.4 Å². The van der Waals surface area contributed by atoms with E-state index >= 15 is 0 Å². The summed E-state index contributed by atoms with van der Waals surface area (Å²) in [6.45, 7) is 3.80. The predicted octanol–water partition coefficient (Wildman–Crippen LogP) is 5.38. The fraction of sp³-hybridized carbons (Fsp3) is 0.136. The molecule has 144 valence electrons. The van der Waals surface area contributed by atoms with Gasteiger partial charge in [0.1, 0.15) is 5.58 Å². The maximum atomic E-state index is 13.5. The quantitative estimate of drug-likeness (QED) is 0.397. The number of carbonyl (C=O) groups excluding carboxylic acids is 1. The lowest BCUT2D eigenvalue weighted by molar-refractivity contribution is 0.0971. The molecule has 3 heterocycles. The monoisotopic (exact) mass is 466 g/mol. The molecule has 1 aliphatic heterocycles. The van der Waals surface area contributed by atoms with Crippen LogP contribution in [0, 0.1) is 13.8 Å². The molecule has 5 nitrogen and oxygen atoms in total. The van der Waals surface area contributed by atoms with Crippen molar-refractivity contribution in [2.24, 2.45) is 0 Å². The van der Waals surface area contributed by atoms with Gasteiger partial charge in [-0.1, -0.05) is 39.7 Å². The van der Waals surface area contributed by atoms with E-state index in [4.69, 9.17) is 4.42 Å². The summed E-state index contributed by atoms with van der Waals surface area (Å²) in [7, 11) is 0. The third-order valence-corrected chi connectivity index (χ3v) is 6.51. The number of aromatic nitrogens is 1. The molecule has 4 aromatic rings. The first kappa shape index (κ1) is 18.3. The molecule has 1 unspecified atom stereocenters. The summed E-state index contributed by atoms with van der Waals surface area (Å²) in [4.78, 5) is 32.9. The molecule has 0 aliphatic carbocycles. The number of carbonyl (C=O) groups is 1. The van der Waals surface area contributed by atoms with Crippen molar-refractivity contribution in [3.8, 4) is 0 Å². The van der Waals surface area contributed by atoms with E-state index in [-0.39, 0.29) is 17.1 Å². The zero-order valence-corrected chi connectivity index (χ0v) is 18.0. The SMILES string of the molecule is Cc1ccc2oc3c(c(=O)c2c1)C(c1ccc(Br)cc1)N(c1nc(C)cs1)C3=O. The number of hydrogen-bond acceptors (Lipinski definition) is 5. The summed E-state index contributed by atoms with van der Waals surface area (Å²) in [6, 6.07) is 12.4. The highest BCUT2D eigenvalue weighted by atomic mass is 79.9. The largest absolute Gasteiger partial charge is 0.450 e. The van der Waals surface area contributed by atoms with Gasteiger partial charge in [-0.2, -0.15) is 0 Å². The standard InChI is InChI=1S/C22H15BrN2O3S/c1-11-3-8-16-15(9-11)19(26)17-18(13-4-6-14(23)7-5-13)25(21(27)20(17)28-16)22-24-12(2)10-29-22/h3-10,18H,1-2H3. The number of rotatable bonds is 2. The second-order valence-corrected chi connectivity index (χ2v) is 8.83. The van der Waals surface area contributed by atoms with Crippen LogP contribution in [-0.4, -0.2) is 10.9 Å². The number of benzene rings is 2. The maximum Gasteiger partial charge on any atom is 0.297 e. The molecule has 0 saturated heterocycles. The Balaban J connectivity index is 1.83. The van der Waals surface area contributed by atoms with Crippen molar-refractivity contribution in [1.29, 1.82) is 0 Å². The van der Waals surface area contributed by atoms with E-state index in [1.165, 1.54) is 11.3 Å². The first-order valence-corrected chi connectivity index (χ1v) is 10.7. The number of anilines is 1. The van der Waals surface area contributed by atoms with Crippen LogP contribution in [0.2, 0.25) is 0 Å². The number of hydrogen-bond donors (Lipinski definition) is 0. The zero-order chi connectivity index (χ0) is 20.3. The molecule has 0 N–H and O–H groups in total. The second-order valence-electron chi connectivity index (χ2n) is 7.07. The molecule has 1 amide bonds. The van der Waals surface area contributed by atoms with Crippen LogP contribution in [0.3, 0.4) is 0 Å². The van der Waals surface area contributed by atoms with E-state index in [0.29, 0.717) is 21.7 Å². The van der Waals surface area contributed by atoms with Crippen LogP contribution in [-0.2, 0) is 0 Å². The average Bonchev–Trinajstić information content (AvgIpc) is 3.25. The first-order chi connectivity index (χ1) is 13.9. The van der Waals surface area contributed by atoms with Crippen LogP contribution in [0.25, 0.3) is 11.0 Å². The number of halogens is 1. The van der Waals surface area contributed by atoms with E-state index in [1.807, 2.05) is 49.6 Å². The predicted molar refractivity (Wildman–Crippen MR) is 117 cm³/mol. The molecule has 0 radical (unpaired) electrons. The summed E-state index contributed by atoms with van der Waals surface area (Å²) in [5.74, 6) is -0.256. The number of aryl methyl sites for hydroxylation is 2. The minimum atomic E-state index is -0.586. The Labute approximate surface area is 178 Å². The first-order valence-electron chi connectivity index (χ1n) is 9.02. The maximum absolute atomic E-state index is 13.5. The van der Waals surface area contributed by atoms with E-state index in [1.54, 1.807) is 17.0 Å². The fourth-order valence-electron chi connectivity index (χ4n) is 3.70. The molecule has 2 aromatic heterocycles. The molecule has 0 spiro atoms. The zero-order valence-electron chi connectivity index (χ0n) is 15.6. The van der Waals surface area contributed by atoms with Gasteiger partial charge in [0.25, 0.3) is 5.91 Å². The Morgan fingerprint density at radius 3 is 2.55 bits per heavy atom. The van der Waals surface area contributed by atoms with E-state index in [0.717, 1.165) is 21.3 Å². The van der Waals surface area contributed by atoms with Crippen molar-refractivity contribution in [3.63, 3.8) is 0 Å². The van der Waals surface area contributed by atoms with Gasteiger partial charge in [0.15, 0.2) is 10.6 Å². The molecule has 5 rings (SSSR count). The summed E-state index contributed by atoms with van der Waals surface area (Å²) in [5, 5.41) is 2.92. The van der Waals surface area contributed by atoms with Gasteiger partial charge in [-0.25, -0.2) is 4.98 Å². The Morgan fingerprint density at radius 2 is 1.86 bits per heavy atom. The lowest BCUT2D eigenvalue weighted by Crippen LogP contribution is -2.29. The van der Waals surface area contributed by atoms with Gasteiger partial charge < -0.3 is 4.42 Å². The number of amides is 1. The fourth-order valence-corrected chi connectivity index (χ4v) is 4.79. The third kappa shape index (κ3) is 2.84. The highest BCUT2D eigenvalue weighted by Crippen LogP contribution is 2.42. The molecular formula is C22H15BrN2O3S. The van der Waals surface area contributed by atoms with Crippen LogP contribution in [0.1, 0.15) is 39.0 Å². The van der Waals surface area contributed by atoms with Gasteiger partial charge in [-0.15, -0.1) is 11.3 Å². The van der Waals surface area contributed by atoms with E-state index in [9.17, 15) is 9.59 Å². The summed E-state index contributed by atoms with van der Waals surface area (Å²) >= 11 is 4.82. The van der Waals surface area contributed by atoms with Crippen molar-refractivity contribution < 1.29 is 9.21 Å². The van der Waals surface area contributed by atoms with Crippen LogP contribution in [0.15, 0.2) is 61.5 Å². The molecule has 2 aromatic carbocycles. The van der Waals surface area contributed by atoms with E-state index in [2.05, 4.69) is 20.9 Å². The van der Waals surface area contributed by atoms with Crippen LogP contribution >= 0.6 is 27.3 Å². The Kier molecular flexibility index (Phi) is 4.18. The molecule has 0 bridgehead atoms. The minimum absolute atomic E-state index is 0.0899. The normalized spacial score (nSPS) is 15.9. The smallest absolute Gasteiger partial charge is 0.297 e.